The van der Waals surface area contributed by atoms with Crippen molar-refractivity contribution in [3.63, 3.8) is 0 Å². The van der Waals surface area contributed by atoms with Crippen molar-refractivity contribution in [3.05, 3.63) is 29.8 Å². The van der Waals surface area contributed by atoms with E-state index in [9.17, 15) is 9.90 Å². The number of carbonyl (C=O) groups is 1. The van der Waals surface area contributed by atoms with Gasteiger partial charge in [0.25, 0.3) is 0 Å². The van der Waals surface area contributed by atoms with Crippen molar-refractivity contribution in [2.75, 3.05) is 25.5 Å². The van der Waals surface area contributed by atoms with Crippen molar-refractivity contribution < 1.29 is 9.90 Å². The fraction of sp³-hybridized carbons (Fsp3) is 0.562. The average molecular weight is 278 g/mol. The number of carbonyl (C=O) groups excluding carboxylic acids is 1. The third kappa shape index (κ3) is 4.62. The predicted octanol–water partition coefficient (Wildman–Crippen LogP) is 2.45. The van der Waals surface area contributed by atoms with Gasteiger partial charge in [-0.05, 0) is 44.5 Å². The maximum atomic E-state index is 12.0. The number of hydrogen-bond acceptors (Lipinski definition) is 3. The molecule has 0 aliphatic carbocycles. The summed E-state index contributed by atoms with van der Waals surface area (Å²) >= 11 is 0. The summed E-state index contributed by atoms with van der Waals surface area (Å²) in [6.07, 6.45) is 0. The second kappa shape index (κ2) is 6.86. The van der Waals surface area contributed by atoms with E-state index in [0.717, 1.165) is 5.69 Å². The summed E-state index contributed by atoms with van der Waals surface area (Å²) in [6, 6.07) is 7.90. The van der Waals surface area contributed by atoms with E-state index >= 15 is 0 Å². The first-order valence-electron chi connectivity index (χ1n) is 6.98. The van der Waals surface area contributed by atoms with Crippen molar-refractivity contribution in [2.45, 2.75) is 39.2 Å². The van der Waals surface area contributed by atoms with Gasteiger partial charge in [-0.15, -0.1) is 0 Å². The predicted molar refractivity (Wildman–Crippen MR) is 83.0 cm³/mol. The quantitative estimate of drug-likeness (QED) is 0.840. The van der Waals surface area contributed by atoms with Crippen LogP contribution in [-0.2, 0) is 4.79 Å². The number of anilines is 1. The van der Waals surface area contributed by atoms with Gasteiger partial charge < -0.3 is 10.4 Å². The number of amides is 1. The molecule has 0 fully saturated rings. The molecule has 4 nitrogen and oxygen atoms in total. The van der Waals surface area contributed by atoms with Crippen LogP contribution >= 0.6 is 0 Å². The smallest absolute Gasteiger partial charge is 0.238 e. The molecule has 0 spiro atoms. The molecular formula is C16H26N2O2. The first-order valence-corrected chi connectivity index (χ1v) is 6.98. The fourth-order valence-electron chi connectivity index (χ4n) is 1.70. The fourth-order valence-corrected chi connectivity index (χ4v) is 1.70. The lowest BCUT2D eigenvalue weighted by molar-refractivity contribution is -0.118. The number of benzene rings is 1. The number of nitrogens with one attached hydrogen (secondary N) is 1. The van der Waals surface area contributed by atoms with Gasteiger partial charge in [0.05, 0.1) is 13.2 Å². The van der Waals surface area contributed by atoms with E-state index in [1.54, 1.807) is 0 Å². The lowest BCUT2D eigenvalue weighted by Crippen LogP contribution is -2.47. The number of aliphatic hydroxyl groups is 1. The first kappa shape index (κ1) is 16.7. The highest BCUT2D eigenvalue weighted by atomic mass is 16.3. The molecule has 1 rings (SSSR count). The number of nitrogens with zero attached hydrogens (tertiary/aromatic N) is 1. The lowest BCUT2D eigenvalue weighted by Gasteiger charge is -2.33. The molecule has 1 aromatic rings. The Hall–Kier alpha value is -1.39. The summed E-state index contributed by atoms with van der Waals surface area (Å²) in [6.45, 7) is 8.34. The van der Waals surface area contributed by atoms with Crippen LogP contribution in [-0.4, -0.2) is 41.7 Å². The molecule has 20 heavy (non-hydrogen) atoms. The largest absolute Gasteiger partial charge is 0.394 e. The number of rotatable bonds is 6. The zero-order valence-corrected chi connectivity index (χ0v) is 13.1. The van der Waals surface area contributed by atoms with Gasteiger partial charge in [0.15, 0.2) is 0 Å². The molecule has 0 saturated heterocycles. The van der Waals surface area contributed by atoms with Gasteiger partial charge >= 0.3 is 0 Å². The van der Waals surface area contributed by atoms with Crippen molar-refractivity contribution in [1.29, 1.82) is 0 Å². The Kier molecular flexibility index (Phi) is 5.72. The van der Waals surface area contributed by atoms with Crippen LogP contribution in [0.25, 0.3) is 0 Å². The van der Waals surface area contributed by atoms with E-state index in [-0.39, 0.29) is 19.1 Å². The van der Waals surface area contributed by atoms with E-state index in [4.69, 9.17) is 0 Å². The first-order chi connectivity index (χ1) is 9.26. The van der Waals surface area contributed by atoms with E-state index in [0.29, 0.717) is 5.92 Å². The highest BCUT2D eigenvalue weighted by Gasteiger charge is 2.24. The summed E-state index contributed by atoms with van der Waals surface area (Å²) < 4.78 is 0. The molecule has 0 atom stereocenters. The second-order valence-electron chi connectivity index (χ2n) is 6.15. The topological polar surface area (TPSA) is 52.6 Å². The van der Waals surface area contributed by atoms with Gasteiger partial charge in [-0.2, -0.15) is 0 Å². The van der Waals surface area contributed by atoms with Crippen LogP contribution in [0.15, 0.2) is 24.3 Å². The molecule has 4 heteroatoms. The molecule has 0 radical (unpaired) electrons. The van der Waals surface area contributed by atoms with Gasteiger partial charge in [0.1, 0.15) is 0 Å². The summed E-state index contributed by atoms with van der Waals surface area (Å²) in [5, 5.41) is 12.1. The maximum Gasteiger partial charge on any atom is 0.238 e. The van der Waals surface area contributed by atoms with Gasteiger partial charge in [0, 0.05) is 11.2 Å². The van der Waals surface area contributed by atoms with Crippen LogP contribution in [0.4, 0.5) is 5.69 Å². The Morgan fingerprint density at radius 1 is 1.30 bits per heavy atom. The average Bonchev–Trinajstić information content (AvgIpc) is 2.39. The standard InChI is InChI=1S/C16H26N2O2/c1-12(2)13-6-8-14(9-7-13)17-15(20)10-18(5)16(3,4)11-19/h6-9,12,19H,10-11H2,1-5H3,(H,17,20). The van der Waals surface area contributed by atoms with Crippen molar-refractivity contribution >= 4 is 11.6 Å². The minimum absolute atomic E-state index is 0.0138. The Morgan fingerprint density at radius 3 is 2.30 bits per heavy atom. The lowest BCUT2D eigenvalue weighted by atomic mass is 10.0. The third-order valence-electron chi connectivity index (χ3n) is 3.66. The van der Waals surface area contributed by atoms with Gasteiger partial charge in [0.2, 0.25) is 5.91 Å². The SMILES string of the molecule is CC(C)c1ccc(NC(=O)CN(C)C(C)(C)CO)cc1. The van der Waals surface area contributed by atoms with Crippen molar-refractivity contribution in [3.8, 4) is 0 Å². The number of hydrogen-bond donors (Lipinski definition) is 2. The van der Waals surface area contributed by atoms with Crippen LogP contribution in [0.3, 0.4) is 0 Å². The second-order valence-corrected chi connectivity index (χ2v) is 6.15. The molecule has 1 amide bonds. The normalized spacial score (nSPS) is 12.0. The molecule has 0 aromatic heterocycles. The number of likely N-dealkylation sites (N-methyl/N-ethyl adjacent to an activating group) is 1. The molecule has 0 bridgehead atoms. The summed E-state index contributed by atoms with van der Waals surface area (Å²) in [5.74, 6) is 0.405. The Bertz CT molecular complexity index is 438. The summed E-state index contributed by atoms with van der Waals surface area (Å²) in [7, 11) is 1.83. The molecule has 0 aliphatic heterocycles. The zero-order valence-electron chi connectivity index (χ0n) is 13.1. The summed E-state index contributed by atoms with van der Waals surface area (Å²) in [4.78, 5) is 13.8. The van der Waals surface area contributed by atoms with Crippen LogP contribution < -0.4 is 5.32 Å². The van der Waals surface area contributed by atoms with E-state index in [1.807, 2.05) is 50.1 Å². The van der Waals surface area contributed by atoms with E-state index < -0.39 is 5.54 Å². The number of aliphatic hydroxyl groups excluding tert-OH is 1. The van der Waals surface area contributed by atoms with Gasteiger partial charge in [-0.3, -0.25) is 9.69 Å². The van der Waals surface area contributed by atoms with Crippen LogP contribution in [0, 0.1) is 0 Å². The Labute approximate surface area is 121 Å². The Morgan fingerprint density at radius 2 is 1.85 bits per heavy atom. The minimum Gasteiger partial charge on any atom is -0.394 e. The molecule has 112 valence electrons. The molecule has 0 saturated carbocycles. The molecule has 0 aliphatic rings. The van der Waals surface area contributed by atoms with Crippen molar-refractivity contribution in [2.24, 2.45) is 0 Å². The van der Waals surface area contributed by atoms with Gasteiger partial charge in [-0.1, -0.05) is 26.0 Å². The Balaban J connectivity index is 2.58. The molecule has 1 aromatic carbocycles. The zero-order chi connectivity index (χ0) is 15.3. The van der Waals surface area contributed by atoms with Crippen molar-refractivity contribution in [1.82, 2.24) is 4.90 Å². The molecule has 0 heterocycles. The van der Waals surface area contributed by atoms with Crippen LogP contribution in [0.2, 0.25) is 0 Å². The van der Waals surface area contributed by atoms with Crippen LogP contribution in [0.5, 0.6) is 0 Å². The van der Waals surface area contributed by atoms with Gasteiger partial charge in [-0.25, -0.2) is 0 Å². The molecular weight excluding hydrogens is 252 g/mol. The van der Waals surface area contributed by atoms with E-state index in [1.165, 1.54) is 5.56 Å². The molecule has 0 unspecified atom stereocenters. The molecule has 2 N–H and O–H groups in total. The highest BCUT2D eigenvalue weighted by molar-refractivity contribution is 5.92. The summed E-state index contributed by atoms with van der Waals surface area (Å²) in [5.41, 5.74) is 1.65. The maximum absolute atomic E-state index is 12.0. The van der Waals surface area contributed by atoms with E-state index in [2.05, 4.69) is 19.2 Å². The monoisotopic (exact) mass is 278 g/mol. The third-order valence-corrected chi connectivity index (χ3v) is 3.66. The minimum atomic E-state index is -0.404. The van der Waals surface area contributed by atoms with Crippen LogP contribution in [0.1, 0.15) is 39.2 Å². The highest BCUT2D eigenvalue weighted by Crippen LogP contribution is 2.17.